The number of ether oxygens (including phenoxy) is 1. The van der Waals surface area contributed by atoms with Gasteiger partial charge >= 0.3 is 0 Å². The van der Waals surface area contributed by atoms with Crippen LogP contribution in [0.2, 0.25) is 0 Å². The third-order valence-electron chi connectivity index (χ3n) is 6.55. The van der Waals surface area contributed by atoms with Gasteiger partial charge in [0.15, 0.2) is 5.82 Å². The Bertz CT molecular complexity index is 1130. The molecule has 1 heterocycles. The summed E-state index contributed by atoms with van der Waals surface area (Å²) in [5.74, 6) is 0.979. The van der Waals surface area contributed by atoms with Gasteiger partial charge in [0, 0.05) is 36.0 Å². The molecule has 9 heteroatoms. The number of hydrogen-bond acceptors (Lipinski definition) is 6. The normalized spacial score (nSPS) is 20.2. The van der Waals surface area contributed by atoms with Gasteiger partial charge in [-0.25, -0.2) is 9.49 Å². The maximum Gasteiger partial charge on any atom is 0.225 e. The molecule has 0 saturated heterocycles. The average molecular weight is 467 g/mol. The number of methoxy groups -OCH3 is 1. The molecule has 0 radical (unpaired) electrons. The summed E-state index contributed by atoms with van der Waals surface area (Å²) < 4.78 is 19.4. The van der Waals surface area contributed by atoms with Gasteiger partial charge in [-0.15, -0.1) is 5.10 Å². The molecule has 1 aromatic heterocycles. The zero-order valence-electron chi connectivity index (χ0n) is 20.2. The zero-order valence-corrected chi connectivity index (χ0v) is 20.2. The van der Waals surface area contributed by atoms with Gasteiger partial charge in [0.1, 0.15) is 11.6 Å². The largest absolute Gasteiger partial charge is 0.495 e. The number of nitrogens with zero attached hydrogens (tertiary/aromatic N) is 4. The van der Waals surface area contributed by atoms with E-state index in [1.54, 1.807) is 7.11 Å². The lowest BCUT2D eigenvalue weighted by Crippen LogP contribution is -2.46. The Labute approximate surface area is 198 Å². The van der Waals surface area contributed by atoms with Gasteiger partial charge in [-0.3, -0.25) is 4.79 Å². The Hall–Kier alpha value is -3.49. The number of rotatable bonds is 6. The summed E-state index contributed by atoms with van der Waals surface area (Å²) in [6.07, 6.45) is 1.66. The highest BCUT2D eigenvalue weighted by molar-refractivity contribution is 5.81. The van der Waals surface area contributed by atoms with Gasteiger partial charge < -0.3 is 15.0 Å². The summed E-state index contributed by atoms with van der Waals surface area (Å²) in [6.45, 7) is 5.72. The van der Waals surface area contributed by atoms with Crippen molar-refractivity contribution in [3.05, 3.63) is 53.8 Å². The van der Waals surface area contributed by atoms with E-state index < -0.39 is 5.41 Å². The van der Waals surface area contributed by atoms with Crippen LogP contribution in [0.5, 0.6) is 5.75 Å². The van der Waals surface area contributed by atoms with E-state index in [4.69, 9.17) is 4.74 Å². The third kappa shape index (κ3) is 4.73. The van der Waals surface area contributed by atoms with Crippen molar-refractivity contribution in [1.29, 1.82) is 0 Å². The van der Waals surface area contributed by atoms with Crippen LogP contribution < -0.4 is 15.0 Å². The predicted octanol–water partition coefficient (Wildman–Crippen LogP) is 3.93. The lowest BCUT2D eigenvalue weighted by atomic mass is 9.88. The molecule has 3 aromatic rings. The van der Waals surface area contributed by atoms with Crippen LogP contribution in [0, 0.1) is 11.2 Å². The molecule has 1 aliphatic rings. The second-order valence-corrected chi connectivity index (χ2v) is 9.80. The van der Waals surface area contributed by atoms with E-state index in [2.05, 4.69) is 30.8 Å². The summed E-state index contributed by atoms with van der Waals surface area (Å²) >= 11 is 0. The zero-order chi connectivity index (χ0) is 24.5. The molecule has 3 atom stereocenters. The van der Waals surface area contributed by atoms with Crippen molar-refractivity contribution in [1.82, 2.24) is 25.9 Å². The summed E-state index contributed by atoms with van der Waals surface area (Å²) in [5.41, 5.74) is 2.21. The van der Waals surface area contributed by atoms with Gasteiger partial charge in [0.25, 0.3) is 0 Å². The molecule has 34 heavy (non-hydrogen) atoms. The Morgan fingerprint density at radius 1 is 1.18 bits per heavy atom. The quantitative estimate of drug-likeness (QED) is 0.572. The maximum atomic E-state index is 13.7. The van der Waals surface area contributed by atoms with Gasteiger partial charge in [0.2, 0.25) is 5.91 Å². The van der Waals surface area contributed by atoms with Crippen LogP contribution in [0.3, 0.4) is 0 Å². The Morgan fingerprint density at radius 2 is 1.91 bits per heavy atom. The molecule has 8 nitrogen and oxygen atoms in total. The number of likely N-dealkylation sites (N-methyl/N-ethyl adjacent to an activating group) is 1. The molecular formula is C25H31FN6O2. The smallest absolute Gasteiger partial charge is 0.225 e. The van der Waals surface area contributed by atoms with Crippen LogP contribution in [-0.4, -0.2) is 52.8 Å². The Kier molecular flexibility index (Phi) is 6.54. The molecule has 180 valence electrons. The van der Waals surface area contributed by atoms with E-state index in [1.807, 2.05) is 58.2 Å². The van der Waals surface area contributed by atoms with Crippen LogP contribution >= 0.6 is 0 Å². The first-order valence-corrected chi connectivity index (χ1v) is 11.4. The fourth-order valence-electron chi connectivity index (χ4n) is 4.67. The highest BCUT2D eigenvalue weighted by Gasteiger charge is 2.41. The molecule has 0 bridgehead atoms. The van der Waals surface area contributed by atoms with Crippen molar-refractivity contribution in [2.24, 2.45) is 5.41 Å². The lowest BCUT2D eigenvalue weighted by Gasteiger charge is -2.35. The van der Waals surface area contributed by atoms with Gasteiger partial charge in [-0.05, 0) is 59.2 Å². The molecule has 1 amide bonds. The predicted molar refractivity (Wildman–Crippen MR) is 128 cm³/mol. The Balaban J connectivity index is 1.71. The van der Waals surface area contributed by atoms with Crippen LogP contribution in [0.25, 0.3) is 11.4 Å². The number of benzene rings is 2. The number of hydrogen-bond donors (Lipinski definition) is 2. The monoisotopic (exact) mass is 466 g/mol. The van der Waals surface area contributed by atoms with Gasteiger partial charge in [-0.2, -0.15) is 0 Å². The topological polar surface area (TPSA) is 96.0 Å². The number of amides is 1. The number of H-pyrrole nitrogens is 1. The van der Waals surface area contributed by atoms with Crippen molar-refractivity contribution in [2.45, 2.75) is 51.6 Å². The summed E-state index contributed by atoms with van der Waals surface area (Å²) in [4.78, 5) is 15.0. The highest BCUT2D eigenvalue weighted by atomic mass is 19.1. The average Bonchev–Trinajstić information content (AvgIpc) is 3.49. The second-order valence-electron chi connectivity index (χ2n) is 9.80. The first-order valence-electron chi connectivity index (χ1n) is 11.4. The molecule has 4 rings (SSSR count). The third-order valence-corrected chi connectivity index (χ3v) is 6.55. The summed E-state index contributed by atoms with van der Waals surface area (Å²) in [6, 6.07) is 12.3. The van der Waals surface area contributed by atoms with E-state index in [1.165, 1.54) is 12.1 Å². The molecule has 2 N–H and O–H groups in total. The first-order chi connectivity index (χ1) is 16.2. The minimum atomic E-state index is -0.500. The molecule has 0 spiro atoms. The van der Waals surface area contributed by atoms with Crippen LogP contribution in [0.1, 0.15) is 45.1 Å². The van der Waals surface area contributed by atoms with Gasteiger partial charge in [0.05, 0.1) is 12.8 Å². The van der Waals surface area contributed by atoms with E-state index in [0.29, 0.717) is 5.82 Å². The fraction of sp³-hybridized carbons (Fsp3) is 0.440. The van der Waals surface area contributed by atoms with Crippen molar-refractivity contribution < 1.29 is 13.9 Å². The van der Waals surface area contributed by atoms with Crippen molar-refractivity contribution >= 4 is 11.6 Å². The molecular weight excluding hydrogens is 435 g/mol. The van der Waals surface area contributed by atoms with Crippen molar-refractivity contribution in [3.63, 3.8) is 0 Å². The summed E-state index contributed by atoms with van der Waals surface area (Å²) in [7, 11) is 3.66. The van der Waals surface area contributed by atoms with Crippen molar-refractivity contribution in [3.8, 4) is 17.1 Å². The minimum absolute atomic E-state index is 0.00492. The van der Waals surface area contributed by atoms with Crippen LogP contribution in [-0.2, 0) is 4.79 Å². The number of halogens is 1. The van der Waals surface area contributed by atoms with Gasteiger partial charge in [-0.1, -0.05) is 32.9 Å². The number of tetrazole rings is 1. The van der Waals surface area contributed by atoms with E-state index >= 15 is 0 Å². The number of aromatic amines is 1. The number of aromatic nitrogens is 4. The second kappa shape index (κ2) is 9.40. The molecule has 0 aliphatic heterocycles. The number of anilines is 1. The molecule has 1 aliphatic carbocycles. The van der Waals surface area contributed by atoms with Crippen LogP contribution in [0.15, 0.2) is 42.5 Å². The molecule has 1 saturated carbocycles. The molecule has 1 fully saturated rings. The SMILES string of the molecule is COc1ccc(-c2nnn[nH]2)cc1N(C)[C@H]1CC[C@H](NC(=O)C(C)(C)C)[C@@H]1c1ccc(F)cc1. The maximum absolute atomic E-state index is 13.7. The van der Waals surface area contributed by atoms with Crippen molar-refractivity contribution in [2.75, 3.05) is 19.1 Å². The Morgan fingerprint density at radius 3 is 2.53 bits per heavy atom. The molecule has 0 unspecified atom stereocenters. The lowest BCUT2D eigenvalue weighted by molar-refractivity contribution is -0.129. The fourth-order valence-corrected chi connectivity index (χ4v) is 4.67. The van der Waals surface area contributed by atoms with E-state index in [-0.39, 0.29) is 29.7 Å². The number of carbonyl (C=O) groups is 1. The molecule has 2 aromatic carbocycles. The standard InChI is InChI=1S/C25H31FN6O2/c1-25(2,3)24(33)27-18-11-12-19(22(18)15-6-9-17(26)10-7-15)32(4)20-14-16(8-13-21(20)34-5)23-28-30-31-29-23/h6-10,13-14,18-19,22H,11-12H2,1-5H3,(H,27,33)(H,28,29,30,31)/t18-,19-,22-/m0/s1. The van der Waals surface area contributed by atoms with E-state index in [0.717, 1.165) is 35.4 Å². The highest BCUT2D eigenvalue weighted by Crippen LogP contribution is 2.42. The first kappa shape index (κ1) is 23.7. The number of nitrogens with one attached hydrogen (secondary N) is 2. The summed E-state index contributed by atoms with van der Waals surface area (Å²) in [5, 5.41) is 17.4. The number of carbonyl (C=O) groups excluding carboxylic acids is 1. The minimum Gasteiger partial charge on any atom is -0.495 e. The van der Waals surface area contributed by atoms with E-state index in [9.17, 15) is 9.18 Å². The van der Waals surface area contributed by atoms with Crippen LogP contribution in [0.4, 0.5) is 10.1 Å².